The summed E-state index contributed by atoms with van der Waals surface area (Å²) in [6, 6.07) is 0.680. The van der Waals surface area contributed by atoms with Gasteiger partial charge < -0.3 is 19.1 Å². The highest BCUT2D eigenvalue weighted by Crippen LogP contribution is 2.32. The second kappa shape index (κ2) is 11.2. The largest absolute Gasteiger partial charge is 0.468 e. The van der Waals surface area contributed by atoms with Crippen molar-refractivity contribution in [1.29, 1.82) is 0 Å². The number of carbonyl (C=O) groups excluding carboxylic acids is 2. The molecule has 2 aliphatic rings. The molecule has 1 aliphatic heterocycles. The predicted octanol–water partition coefficient (Wildman–Crippen LogP) is 4.67. The van der Waals surface area contributed by atoms with Crippen LogP contribution in [0.5, 0.6) is 0 Å². The van der Waals surface area contributed by atoms with Crippen molar-refractivity contribution in [3.63, 3.8) is 0 Å². The van der Waals surface area contributed by atoms with Gasteiger partial charge >= 0.3 is 12.1 Å². The lowest BCUT2D eigenvalue weighted by Gasteiger charge is -2.43. The lowest BCUT2D eigenvalue weighted by Crippen LogP contribution is -2.53. The van der Waals surface area contributed by atoms with Crippen molar-refractivity contribution in [3.8, 4) is 0 Å². The van der Waals surface area contributed by atoms with Crippen molar-refractivity contribution in [1.82, 2.24) is 10.2 Å². The van der Waals surface area contributed by atoms with Crippen molar-refractivity contribution < 1.29 is 23.8 Å². The van der Waals surface area contributed by atoms with E-state index in [0.29, 0.717) is 18.1 Å². The second-order valence-electron chi connectivity index (χ2n) is 11.3. The van der Waals surface area contributed by atoms with Gasteiger partial charge in [0.2, 0.25) is 0 Å². The van der Waals surface area contributed by atoms with E-state index in [1.54, 1.807) is 0 Å². The van der Waals surface area contributed by atoms with Crippen molar-refractivity contribution in [2.45, 2.75) is 129 Å². The van der Waals surface area contributed by atoms with Crippen LogP contribution < -0.4 is 5.32 Å². The summed E-state index contributed by atoms with van der Waals surface area (Å²) in [6.07, 6.45) is 7.15. The van der Waals surface area contributed by atoms with Crippen molar-refractivity contribution in [2.24, 2.45) is 5.92 Å². The molecule has 0 aromatic carbocycles. The number of nitrogens with zero attached hydrogens (tertiary/aromatic N) is 1. The van der Waals surface area contributed by atoms with E-state index < -0.39 is 11.1 Å². The SMILES string of the molecule is COC(=O)C(C)(C)NC1CCC(OCCC2C[C@@H](C)N(C(=O)OC(C)(C)C)[C@@H](C)C2)CC1. The first kappa shape index (κ1) is 26.9. The summed E-state index contributed by atoms with van der Waals surface area (Å²) in [7, 11) is 1.43. The first-order valence-corrected chi connectivity index (χ1v) is 12.3. The third kappa shape index (κ3) is 7.91. The summed E-state index contributed by atoms with van der Waals surface area (Å²) in [6.45, 7) is 14.5. The minimum Gasteiger partial charge on any atom is -0.468 e. The van der Waals surface area contributed by atoms with Gasteiger partial charge in [-0.3, -0.25) is 10.1 Å². The van der Waals surface area contributed by atoms with Gasteiger partial charge in [-0.15, -0.1) is 0 Å². The maximum absolute atomic E-state index is 12.6. The summed E-state index contributed by atoms with van der Waals surface area (Å²) in [5, 5.41) is 3.44. The van der Waals surface area contributed by atoms with Crippen molar-refractivity contribution in [2.75, 3.05) is 13.7 Å². The molecular weight excluding hydrogens is 408 g/mol. The number of hydrogen-bond acceptors (Lipinski definition) is 6. The molecule has 1 amide bonds. The van der Waals surface area contributed by atoms with Crippen molar-refractivity contribution >= 4 is 12.1 Å². The second-order valence-corrected chi connectivity index (χ2v) is 11.3. The molecule has 0 aromatic rings. The molecule has 2 fully saturated rings. The number of likely N-dealkylation sites (tertiary alicyclic amines) is 1. The molecular formula is C25H46N2O5. The van der Waals surface area contributed by atoms with Crippen LogP contribution in [-0.4, -0.2) is 66.0 Å². The van der Waals surface area contributed by atoms with E-state index in [-0.39, 0.29) is 24.1 Å². The number of amides is 1. The molecule has 3 atom stereocenters. The molecule has 0 spiro atoms. The smallest absolute Gasteiger partial charge is 0.410 e. The number of methoxy groups -OCH3 is 1. The molecule has 1 saturated heterocycles. The quantitative estimate of drug-likeness (QED) is 0.563. The Hall–Kier alpha value is -1.34. The number of ether oxygens (including phenoxy) is 3. The van der Waals surface area contributed by atoms with Crippen LogP contribution in [0.25, 0.3) is 0 Å². The highest BCUT2D eigenvalue weighted by molar-refractivity contribution is 5.79. The van der Waals surface area contributed by atoms with E-state index in [1.807, 2.05) is 39.5 Å². The van der Waals surface area contributed by atoms with Crippen LogP contribution in [0.4, 0.5) is 4.79 Å². The summed E-state index contributed by atoms with van der Waals surface area (Å²) < 4.78 is 16.7. The van der Waals surface area contributed by atoms with Crippen LogP contribution in [0.3, 0.4) is 0 Å². The third-order valence-electron chi connectivity index (χ3n) is 6.72. The minimum absolute atomic E-state index is 0.179. The average Bonchev–Trinajstić information content (AvgIpc) is 2.66. The molecule has 1 heterocycles. The Bertz CT molecular complexity index is 610. The molecule has 1 saturated carbocycles. The van der Waals surface area contributed by atoms with Crippen LogP contribution in [0, 0.1) is 5.92 Å². The first-order chi connectivity index (χ1) is 14.8. The number of carbonyl (C=O) groups is 2. The van der Waals surface area contributed by atoms with Crippen molar-refractivity contribution in [3.05, 3.63) is 0 Å². The van der Waals surface area contributed by atoms with E-state index in [9.17, 15) is 9.59 Å². The van der Waals surface area contributed by atoms with E-state index in [4.69, 9.17) is 14.2 Å². The van der Waals surface area contributed by atoms with Crippen LogP contribution in [0.15, 0.2) is 0 Å². The number of hydrogen-bond donors (Lipinski definition) is 1. The Morgan fingerprint density at radius 1 is 0.969 bits per heavy atom. The van der Waals surface area contributed by atoms with Gasteiger partial charge in [0, 0.05) is 24.7 Å². The highest BCUT2D eigenvalue weighted by Gasteiger charge is 2.37. The number of esters is 1. The van der Waals surface area contributed by atoms with Crippen LogP contribution in [0.1, 0.15) is 93.4 Å². The van der Waals surface area contributed by atoms with E-state index in [2.05, 4.69) is 19.2 Å². The molecule has 7 heteroatoms. The standard InChI is InChI=1S/C25H46N2O5/c1-17-15-19(16-18(2)27(17)23(29)32-24(3,4)5)13-14-31-21-11-9-20(10-12-21)26-25(6,7)22(28)30-8/h17-21,26H,9-16H2,1-8H3/t17-,18+,19?,20?,21?. The Balaban J connectivity index is 1.70. The lowest BCUT2D eigenvalue weighted by molar-refractivity contribution is -0.147. The van der Waals surface area contributed by atoms with Crippen LogP contribution >= 0.6 is 0 Å². The Morgan fingerprint density at radius 2 is 1.53 bits per heavy atom. The molecule has 0 bridgehead atoms. The van der Waals surface area contributed by atoms with E-state index in [1.165, 1.54) is 7.11 Å². The fourth-order valence-corrected chi connectivity index (χ4v) is 5.23. The van der Waals surface area contributed by atoms with Gasteiger partial charge in [-0.1, -0.05) is 0 Å². The minimum atomic E-state index is -0.658. The zero-order valence-corrected chi connectivity index (χ0v) is 21.5. The lowest BCUT2D eigenvalue weighted by atomic mass is 9.85. The molecule has 186 valence electrons. The van der Waals surface area contributed by atoms with Gasteiger partial charge in [-0.05, 0) is 99.3 Å². The molecule has 1 unspecified atom stereocenters. The fourth-order valence-electron chi connectivity index (χ4n) is 5.23. The molecule has 1 N–H and O–H groups in total. The number of nitrogens with one attached hydrogen (secondary N) is 1. The summed E-state index contributed by atoms with van der Waals surface area (Å²) in [5.74, 6) is 0.342. The topological polar surface area (TPSA) is 77.1 Å². The molecule has 7 nitrogen and oxygen atoms in total. The average molecular weight is 455 g/mol. The molecule has 0 radical (unpaired) electrons. The van der Waals surface area contributed by atoms with Crippen LogP contribution in [0.2, 0.25) is 0 Å². The summed E-state index contributed by atoms with van der Waals surface area (Å²) >= 11 is 0. The van der Waals surface area contributed by atoms with Crippen LogP contribution in [-0.2, 0) is 19.0 Å². The Labute approximate surface area is 194 Å². The van der Waals surface area contributed by atoms with Gasteiger partial charge in [0.05, 0.1) is 13.2 Å². The van der Waals surface area contributed by atoms with Gasteiger partial charge in [0.25, 0.3) is 0 Å². The van der Waals surface area contributed by atoms with E-state index in [0.717, 1.165) is 51.6 Å². The first-order valence-electron chi connectivity index (χ1n) is 12.3. The third-order valence-corrected chi connectivity index (χ3v) is 6.72. The monoisotopic (exact) mass is 454 g/mol. The predicted molar refractivity (Wildman–Crippen MR) is 126 cm³/mol. The zero-order chi connectivity index (χ0) is 24.1. The van der Waals surface area contributed by atoms with Gasteiger partial charge in [0.1, 0.15) is 11.1 Å². The Morgan fingerprint density at radius 3 is 2.03 bits per heavy atom. The molecule has 2 rings (SSSR count). The Kier molecular flexibility index (Phi) is 9.41. The molecule has 0 aromatic heterocycles. The summed E-state index contributed by atoms with van der Waals surface area (Å²) in [5.41, 5.74) is -1.13. The molecule has 32 heavy (non-hydrogen) atoms. The van der Waals surface area contributed by atoms with Gasteiger partial charge in [-0.25, -0.2) is 4.79 Å². The van der Waals surface area contributed by atoms with Gasteiger partial charge in [0.15, 0.2) is 0 Å². The van der Waals surface area contributed by atoms with E-state index >= 15 is 0 Å². The highest BCUT2D eigenvalue weighted by atomic mass is 16.6. The number of piperidine rings is 1. The number of rotatable bonds is 7. The molecule has 1 aliphatic carbocycles. The normalized spacial score (nSPS) is 29.5. The summed E-state index contributed by atoms with van der Waals surface area (Å²) in [4.78, 5) is 26.4. The maximum Gasteiger partial charge on any atom is 0.410 e. The van der Waals surface area contributed by atoms with Gasteiger partial charge in [-0.2, -0.15) is 0 Å². The maximum atomic E-state index is 12.6. The fraction of sp³-hybridized carbons (Fsp3) is 0.920. The zero-order valence-electron chi connectivity index (χ0n) is 21.5.